The fraction of sp³-hybridized carbons (Fsp3) is 0.692. The molecule has 2 saturated carbocycles. The van der Waals surface area contributed by atoms with Crippen LogP contribution in [0.2, 0.25) is 0 Å². The third-order valence-electron chi connectivity index (χ3n) is 3.90. The summed E-state index contributed by atoms with van der Waals surface area (Å²) in [6.45, 7) is 1.94. The number of nitrogens with zero attached hydrogens (tertiary/aromatic N) is 2. The molecule has 84 valence electrons. The molecule has 0 spiro atoms. The van der Waals surface area contributed by atoms with Crippen molar-refractivity contribution in [3.05, 3.63) is 22.8 Å². The summed E-state index contributed by atoms with van der Waals surface area (Å²) in [4.78, 5) is 9.57. The minimum atomic E-state index is 0.759. The second kappa shape index (κ2) is 3.27. The van der Waals surface area contributed by atoms with E-state index in [1.54, 1.807) is 0 Å². The topological polar surface area (TPSA) is 37.8 Å². The van der Waals surface area contributed by atoms with Crippen LogP contribution in [0.4, 0.5) is 0 Å². The maximum Gasteiger partial charge on any atom is 0.129 e. The lowest BCUT2D eigenvalue weighted by molar-refractivity contribution is 0.738. The number of rotatable bonds is 3. The van der Waals surface area contributed by atoms with Gasteiger partial charge in [0.25, 0.3) is 0 Å². The van der Waals surface area contributed by atoms with Gasteiger partial charge in [-0.3, -0.25) is 0 Å². The van der Waals surface area contributed by atoms with Gasteiger partial charge in [-0.25, -0.2) is 9.97 Å². The molecule has 3 nitrogen and oxygen atoms in total. The molecule has 0 unspecified atom stereocenters. The van der Waals surface area contributed by atoms with Gasteiger partial charge in [0.05, 0.1) is 11.4 Å². The number of hydrogen-bond donors (Lipinski definition) is 1. The molecule has 0 atom stereocenters. The Balaban J connectivity index is 1.74. The Labute approximate surface area is 95.7 Å². The van der Waals surface area contributed by atoms with Crippen LogP contribution in [-0.2, 0) is 19.5 Å². The molecule has 1 aromatic heterocycles. The first-order chi connectivity index (χ1) is 7.90. The Kier molecular flexibility index (Phi) is 1.86. The van der Waals surface area contributed by atoms with Gasteiger partial charge in [-0.15, -0.1) is 0 Å². The molecule has 3 heteroatoms. The van der Waals surface area contributed by atoms with Crippen molar-refractivity contribution in [2.75, 3.05) is 0 Å². The Morgan fingerprint density at radius 3 is 2.69 bits per heavy atom. The van der Waals surface area contributed by atoms with Crippen molar-refractivity contribution in [2.24, 2.45) is 5.92 Å². The summed E-state index contributed by atoms with van der Waals surface area (Å²) < 4.78 is 0. The van der Waals surface area contributed by atoms with Crippen molar-refractivity contribution in [1.82, 2.24) is 15.3 Å². The standard InChI is InChI=1S/C13H17N3/c1-2-8(1)5-12-15-11-7-14-6-10(11)13(16-12)9-3-4-9/h8-9,14H,1-7H2. The van der Waals surface area contributed by atoms with E-state index in [0.29, 0.717) is 0 Å². The van der Waals surface area contributed by atoms with Crippen LogP contribution < -0.4 is 5.32 Å². The Morgan fingerprint density at radius 1 is 1.06 bits per heavy atom. The molecule has 2 heterocycles. The van der Waals surface area contributed by atoms with Crippen molar-refractivity contribution >= 4 is 0 Å². The smallest absolute Gasteiger partial charge is 0.129 e. The molecule has 1 aromatic rings. The molecule has 16 heavy (non-hydrogen) atoms. The van der Waals surface area contributed by atoms with Crippen LogP contribution in [0.1, 0.15) is 54.4 Å². The molecule has 1 N–H and O–H groups in total. The molecule has 0 bridgehead atoms. The molecule has 0 amide bonds. The Morgan fingerprint density at radius 2 is 1.94 bits per heavy atom. The van der Waals surface area contributed by atoms with Crippen LogP contribution in [-0.4, -0.2) is 9.97 Å². The Bertz CT molecular complexity index is 433. The zero-order chi connectivity index (χ0) is 10.5. The molecule has 0 saturated heterocycles. The third-order valence-corrected chi connectivity index (χ3v) is 3.90. The zero-order valence-electron chi connectivity index (χ0n) is 9.50. The van der Waals surface area contributed by atoms with Gasteiger partial charge in [-0.1, -0.05) is 0 Å². The van der Waals surface area contributed by atoms with Gasteiger partial charge in [0, 0.05) is 31.0 Å². The fourth-order valence-electron chi connectivity index (χ4n) is 2.61. The maximum atomic E-state index is 4.84. The normalized spacial score (nSPS) is 23.5. The van der Waals surface area contributed by atoms with Crippen molar-refractivity contribution in [2.45, 2.75) is 51.1 Å². The molecule has 1 aliphatic heterocycles. The highest BCUT2D eigenvalue weighted by Crippen LogP contribution is 2.42. The zero-order valence-corrected chi connectivity index (χ0v) is 9.50. The van der Waals surface area contributed by atoms with Gasteiger partial charge < -0.3 is 5.32 Å². The third kappa shape index (κ3) is 1.54. The van der Waals surface area contributed by atoms with Crippen molar-refractivity contribution in [3.8, 4) is 0 Å². The second-order valence-corrected chi connectivity index (χ2v) is 5.48. The quantitative estimate of drug-likeness (QED) is 0.837. The van der Waals surface area contributed by atoms with E-state index in [1.807, 2.05) is 0 Å². The molecule has 2 fully saturated rings. The highest BCUT2D eigenvalue weighted by Gasteiger charge is 2.32. The van der Waals surface area contributed by atoms with E-state index in [1.165, 1.54) is 42.6 Å². The van der Waals surface area contributed by atoms with Crippen molar-refractivity contribution in [1.29, 1.82) is 0 Å². The summed E-state index contributed by atoms with van der Waals surface area (Å²) in [6.07, 6.45) is 6.57. The number of nitrogens with one attached hydrogen (secondary N) is 1. The number of aromatic nitrogens is 2. The highest BCUT2D eigenvalue weighted by atomic mass is 15.0. The van der Waals surface area contributed by atoms with E-state index in [2.05, 4.69) is 5.32 Å². The summed E-state index contributed by atoms with van der Waals surface area (Å²) in [5, 5.41) is 3.40. The van der Waals surface area contributed by atoms with Gasteiger partial charge in [0.1, 0.15) is 5.82 Å². The average Bonchev–Trinajstić information content (AvgIpc) is 3.17. The van der Waals surface area contributed by atoms with Crippen LogP contribution in [0.25, 0.3) is 0 Å². The Hall–Kier alpha value is -0.960. The van der Waals surface area contributed by atoms with Crippen LogP contribution in [0.5, 0.6) is 0 Å². The van der Waals surface area contributed by atoms with Gasteiger partial charge in [0.15, 0.2) is 0 Å². The van der Waals surface area contributed by atoms with E-state index >= 15 is 0 Å². The predicted octanol–water partition coefficient (Wildman–Crippen LogP) is 1.91. The number of hydrogen-bond acceptors (Lipinski definition) is 3. The summed E-state index contributed by atoms with van der Waals surface area (Å²) in [5.41, 5.74) is 4.08. The molecule has 2 aliphatic carbocycles. The van der Waals surface area contributed by atoms with E-state index in [0.717, 1.165) is 37.2 Å². The van der Waals surface area contributed by atoms with Gasteiger partial charge in [-0.2, -0.15) is 0 Å². The summed E-state index contributed by atoms with van der Waals surface area (Å²) >= 11 is 0. The summed E-state index contributed by atoms with van der Waals surface area (Å²) in [7, 11) is 0. The van der Waals surface area contributed by atoms with E-state index in [-0.39, 0.29) is 0 Å². The minimum absolute atomic E-state index is 0.759. The van der Waals surface area contributed by atoms with Crippen LogP contribution >= 0.6 is 0 Å². The summed E-state index contributed by atoms with van der Waals surface area (Å²) in [5.74, 6) is 2.76. The van der Waals surface area contributed by atoms with Gasteiger partial charge in [-0.05, 0) is 31.6 Å². The second-order valence-electron chi connectivity index (χ2n) is 5.48. The molecule has 0 radical (unpaired) electrons. The van der Waals surface area contributed by atoms with Gasteiger partial charge >= 0.3 is 0 Å². The predicted molar refractivity (Wildman–Crippen MR) is 61.0 cm³/mol. The SMILES string of the molecule is C1NCc2c1nc(CC1CC1)nc2C1CC1. The first kappa shape index (κ1) is 9.11. The lowest BCUT2D eigenvalue weighted by atomic mass is 10.1. The molecule has 3 aliphatic rings. The lowest BCUT2D eigenvalue weighted by Gasteiger charge is -2.08. The molecule has 4 rings (SSSR count). The lowest BCUT2D eigenvalue weighted by Crippen LogP contribution is -2.06. The monoisotopic (exact) mass is 215 g/mol. The fourth-order valence-corrected chi connectivity index (χ4v) is 2.61. The van der Waals surface area contributed by atoms with Crippen molar-refractivity contribution < 1.29 is 0 Å². The molecular weight excluding hydrogens is 198 g/mol. The number of fused-ring (bicyclic) bond motifs is 1. The van der Waals surface area contributed by atoms with Crippen LogP contribution in [0.15, 0.2) is 0 Å². The first-order valence-corrected chi connectivity index (χ1v) is 6.49. The molecule has 0 aromatic carbocycles. The van der Waals surface area contributed by atoms with E-state index in [9.17, 15) is 0 Å². The van der Waals surface area contributed by atoms with E-state index in [4.69, 9.17) is 9.97 Å². The largest absolute Gasteiger partial charge is 0.307 e. The van der Waals surface area contributed by atoms with Crippen LogP contribution in [0.3, 0.4) is 0 Å². The summed E-state index contributed by atoms with van der Waals surface area (Å²) in [6, 6.07) is 0. The van der Waals surface area contributed by atoms with Crippen LogP contribution in [0, 0.1) is 5.92 Å². The maximum absolute atomic E-state index is 4.84. The first-order valence-electron chi connectivity index (χ1n) is 6.49. The molecular formula is C13H17N3. The van der Waals surface area contributed by atoms with Gasteiger partial charge in [0.2, 0.25) is 0 Å². The average molecular weight is 215 g/mol. The highest BCUT2D eigenvalue weighted by molar-refractivity contribution is 5.34. The van der Waals surface area contributed by atoms with Crippen molar-refractivity contribution in [3.63, 3.8) is 0 Å². The van der Waals surface area contributed by atoms with E-state index < -0.39 is 0 Å². The minimum Gasteiger partial charge on any atom is -0.307 e.